The normalized spacial score (nSPS) is 17.8. The number of nitrogens with one attached hydrogen (secondary N) is 1. The molecule has 0 heterocycles. The van der Waals surface area contributed by atoms with Crippen molar-refractivity contribution in [3.63, 3.8) is 0 Å². The standard InChI is InChI=1S/C17H26ClNO/c1-4-9-19-16(12(2)13-5-6-13)11-14-10-15(18)7-8-17(14)20-3/h7-8,10,12-13,16,19H,4-6,9,11H2,1-3H3. The lowest BCUT2D eigenvalue weighted by Crippen LogP contribution is -2.38. The predicted octanol–water partition coefficient (Wildman–Crippen LogP) is 4.31. The molecule has 2 nitrogen and oxygen atoms in total. The highest BCUT2D eigenvalue weighted by Gasteiger charge is 2.33. The van der Waals surface area contributed by atoms with Crippen LogP contribution in [-0.2, 0) is 6.42 Å². The van der Waals surface area contributed by atoms with Crippen molar-refractivity contribution in [3.8, 4) is 5.75 Å². The predicted molar refractivity (Wildman–Crippen MR) is 85.7 cm³/mol. The number of halogens is 1. The van der Waals surface area contributed by atoms with Crippen LogP contribution in [0.1, 0.15) is 38.7 Å². The smallest absolute Gasteiger partial charge is 0.122 e. The Kier molecular flexibility index (Phi) is 5.74. The van der Waals surface area contributed by atoms with Gasteiger partial charge >= 0.3 is 0 Å². The van der Waals surface area contributed by atoms with Gasteiger partial charge in [-0.3, -0.25) is 0 Å². The summed E-state index contributed by atoms with van der Waals surface area (Å²) >= 11 is 6.14. The van der Waals surface area contributed by atoms with Gasteiger partial charge in [0.05, 0.1) is 7.11 Å². The van der Waals surface area contributed by atoms with Crippen molar-refractivity contribution >= 4 is 11.6 Å². The van der Waals surface area contributed by atoms with Crippen molar-refractivity contribution in [2.24, 2.45) is 11.8 Å². The highest BCUT2D eigenvalue weighted by molar-refractivity contribution is 6.30. The van der Waals surface area contributed by atoms with Gasteiger partial charge in [0.2, 0.25) is 0 Å². The van der Waals surface area contributed by atoms with Gasteiger partial charge in [-0.1, -0.05) is 25.4 Å². The first kappa shape index (κ1) is 15.7. The van der Waals surface area contributed by atoms with E-state index < -0.39 is 0 Å². The first-order valence-electron chi connectivity index (χ1n) is 7.71. The third-order valence-electron chi connectivity index (χ3n) is 4.34. The lowest BCUT2D eigenvalue weighted by molar-refractivity contribution is 0.334. The third-order valence-corrected chi connectivity index (χ3v) is 4.57. The first-order valence-corrected chi connectivity index (χ1v) is 8.09. The second kappa shape index (κ2) is 7.33. The second-order valence-corrected chi connectivity index (χ2v) is 6.35. The number of ether oxygens (including phenoxy) is 1. The first-order chi connectivity index (χ1) is 9.65. The van der Waals surface area contributed by atoms with Gasteiger partial charge in [0.25, 0.3) is 0 Å². The van der Waals surface area contributed by atoms with E-state index in [1.165, 1.54) is 24.8 Å². The van der Waals surface area contributed by atoms with Crippen LogP contribution in [0.5, 0.6) is 5.75 Å². The highest BCUT2D eigenvalue weighted by Crippen LogP contribution is 2.39. The SMILES string of the molecule is CCCNC(Cc1cc(Cl)ccc1OC)C(C)C1CC1. The molecule has 2 atom stereocenters. The molecule has 1 saturated carbocycles. The quantitative estimate of drug-likeness (QED) is 0.772. The monoisotopic (exact) mass is 295 g/mol. The summed E-state index contributed by atoms with van der Waals surface area (Å²) in [7, 11) is 1.73. The second-order valence-electron chi connectivity index (χ2n) is 5.92. The molecule has 0 radical (unpaired) electrons. The van der Waals surface area contributed by atoms with Crippen LogP contribution in [0.3, 0.4) is 0 Å². The van der Waals surface area contributed by atoms with E-state index in [4.69, 9.17) is 16.3 Å². The third kappa shape index (κ3) is 4.13. The largest absolute Gasteiger partial charge is 0.496 e. The van der Waals surface area contributed by atoms with Gasteiger partial charge in [-0.25, -0.2) is 0 Å². The molecule has 2 unspecified atom stereocenters. The number of benzene rings is 1. The molecular weight excluding hydrogens is 270 g/mol. The Morgan fingerprint density at radius 2 is 2.15 bits per heavy atom. The number of methoxy groups -OCH3 is 1. The van der Waals surface area contributed by atoms with Crippen molar-refractivity contribution in [2.75, 3.05) is 13.7 Å². The molecule has 1 aliphatic carbocycles. The van der Waals surface area contributed by atoms with Crippen molar-refractivity contribution in [1.29, 1.82) is 0 Å². The summed E-state index contributed by atoms with van der Waals surface area (Å²) in [6.45, 7) is 5.67. The van der Waals surface area contributed by atoms with Crippen molar-refractivity contribution in [3.05, 3.63) is 28.8 Å². The summed E-state index contributed by atoms with van der Waals surface area (Å²) in [5.41, 5.74) is 1.21. The molecule has 0 aliphatic heterocycles. The summed E-state index contributed by atoms with van der Waals surface area (Å²) in [6, 6.07) is 6.41. The fourth-order valence-corrected chi connectivity index (χ4v) is 3.06. The minimum atomic E-state index is 0.509. The van der Waals surface area contributed by atoms with E-state index in [1.807, 2.05) is 18.2 Å². The van der Waals surface area contributed by atoms with Crippen LogP contribution in [-0.4, -0.2) is 19.7 Å². The Morgan fingerprint density at radius 1 is 1.40 bits per heavy atom. The van der Waals surface area contributed by atoms with E-state index in [2.05, 4.69) is 19.2 Å². The molecule has 2 rings (SSSR count). The zero-order valence-electron chi connectivity index (χ0n) is 12.8. The van der Waals surface area contributed by atoms with Crippen molar-refractivity contribution < 1.29 is 4.74 Å². The topological polar surface area (TPSA) is 21.3 Å². The van der Waals surface area contributed by atoms with E-state index in [0.717, 1.165) is 29.7 Å². The van der Waals surface area contributed by atoms with Crippen LogP contribution in [0, 0.1) is 11.8 Å². The van der Waals surface area contributed by atoms with E-state index in [-0.39, 0.29) is 0 Å². The molecule has 0 bridgehead atoms. The lowest BCUT2D eigenvalue weighted by atomic mass is 9.90. The average molecular weight is 296 g/mol. The summed E-state index contributed by atoms with van der Waals surface area (Å²) < 4.78 is 5.48. The van der Waals surface area contributed by atoms with E-state index >= 15 is 0 Å². The summed E-state index contributed by atoms with van der Waals surface area (Å²) in [5, 5.41) is 4.50. The number of hydrogen-bond acceptors (Lipinski definition) is 2. The molecule has 1 N–H and O–H groups in total. The Bertz CT molecular complexity index is 431. The molecule has 1 aliphatic rings. The Hall–Kier alpha value is -0.730. The molecule has 1 aromatic rings. The van der Waals surface area contributed by atoms with Crippen molar-refractivity contribution in [1.82, 2.24) is 5.32 Å². The van der Waals surface area contributed by atoms with Crippen LogP contribution in [0.15, 0.2) is 18.2 Å². The molecule has 0 spiro atoms. The molecule has 0 saturated heterocycles. The molecule has 0 aromatic heterocycles. The summed E-state index contributed by atoms with van der Waals surface area (Å²) in [5.74, 6) is 2.56. The van der Waals surface area contributed by atoms with E-state index in [1.54, 1.807) is 7.11 Å². The van der Waals surface area contributed by atoms with Crippen LogP contribution in [0.2, 0.25) is 5.02 Å². The molecule has 20 heavy (non-hydrogen) atoms. The number of hydrogen-bond donors (Lipinski definition) is 1. The molecule has 112 valence electrons. The molecule has 1 aromatic carbocycles. The van der Waals surface area contributed by atoms with Crippen LogP contribution >= 0.6 is 11.6 Å². The van der Waals surface area contributed by atoms with E-state index in [9.17, 15) is 0 Å². The van der Waals surface area contributed by atoms with Gasteiger partial charge in [-0.15, -0.1) is 0 Å². The highest BCUT2D eigenvalue weighted by atomic mass is 35.5. The fourth-order valence-electron chi connectivity index (χ4n) is 2.87. The minimum absolute atomic E-state index is 0.509. The maximum Gasteiger partial charge on any atom is 0.122 e. The average Bonchev–Trinajstić information content (AvgIpc) is 3.27. The Morgan fingerprint density at radius 3 is 2.75 bits per heavy atom. The van der Waals surface area contributed by atoms with Gasteiger partial charge in [0, 0.05) is 11.1 Å². The molecule has 3 heteroatoms. The van der Waals surface area contributed by atoms with Crippen LogP contribution in [0.4, 0.5) is 0 Å². The number of rotatable bonds is 8. The Balaban J connectivity index is 2.11. The molecule has 0 amide bonds. The molecular formula is C17H26ClNO. The zero-order chi connectivity index (χ0) is 14.5. The van der Waals surface area contributed by atoms with Gasteiger partial charge < -0.3 is 10.1 Å². The summed E-state index contributed by atoms with van der Waals surface area (Å²) in [4.78, 5) is 0. The van der Waals surface area contributed by atoms with Crippen LogP contribution in [0.25, 0.3) is 0 Å². The maximum atomic E-state index is 6.14. The maximum absolute atomic E-state index is 6.14. The van der Waals surface area contributed by atoms with Crippen LogP contribution < -0.4 is 10.1 Å². The Labute approximate surface area is 127 Å². The van der Waals surface area contributed by atoms with Gasteiger partial charge in [-0.05, 0) is 67.8 Å². The van der Waals surface area contributed by atoms with Gasteiger partial charge in [0.1, 0.15) is 5.75 Å². The minimum Gasteiger partial charge on any atom is -0.496 e. The van der Waals surface area contributed by atoms with E-state index in [0.29, 0.717) is 12.0 Å². The molecule has 1 fully saturated rings. The zero-order valence-corrected chi connectivity index (χ0v) is 13.5. The van der Waals surface area contributed by atoms with Gasteiger partial charge in [0.15, 0.2) is 0 Å². The fraction of sp³-hybridized carbons (Fsp3) is 0.647. The lowest BCUT2D eigenvalue weighted by Gasteiger charge is -2.26. The van der Waals surface area contributed by atoms with Crippen molar-refractivity contribution in [2.45, 2.75) is 45.6 Å². The summed E-state index contributed by atoms with van der Waals surface area (Å²) in [6.07, 6.45) is 4.93. The van der Waals surface area contributed by atoms with Gasteiger partial charge in [-0.2, -0.15) is 0 Å².